The average Bonchev–Trinajstić information content (AvgIpc) is 3.04. The maximum atomic E-state index is 2.43. The van der Waals surface area contributed by atoms with Gasteiger partial charge in [-0.1, -0.05) is 139 Å². The minimum absolute atomic E-state index is 1.24. The van der Waals surface area contributed by atoms with Gasteiger partial charge in [0.15, 0.2) is 0 Å². The molecule has 0 atom stereocenters. The van der Waals surface area contributed by atoms with Gasteiger partial charge in [0.1, 0.15) is 0 Å². The van der Waals surface area contributed by atoms with Gasteiger partial charge >= 0.3 is 0 Å². The van der Waals surface area contributed by atoms with Crippen LogP contribution in [0.1, 0.15) is 16.7 Å². The van der Waals surface area contributed by atoms with E-state index in [0.717, 1.165) is 0 Å². The molecule has 0 spiro atoms. The highest BCUT2D eigenvalue weighted by atomic mass is 14.2. The molecule has 0 aliphatic carbocycles. The number of aryl methyl sites for hydroxylation is 3. The Morgan fingerprint density at radius 2 is 0.791 bits per heavy atom. The monoisotopic (exact) mass is 548 g/mol. The predicted molar refractivity (Wildman–Crippen MR) is 187 cm³/mol. The van der Waals surface area contributed by atoms with Crippen LogP contribution in [0, 0.1) is 20.8 Å². The molecule has 0 unspecified atom stereocenters. The number of fused-ring (bicyclic) bond motifs is 4. The van der Waals surface area contributed by atoms with Crippen LogP contribution < -0.4 is 0 Å². The molecule has 8 aromatic rings. The lowest BCUT2D eigenvalue weighted by molar-refractivity contribution is 1.37. The molecule has 0 aromatic heterocycles. The largest absolute Gasteiger partial charge is 0.0616 e. The van der Waals surface area contributed by atoms with E-state index in [1.807, 2.05) is 0 Å². The van der Waals surface area contributed by atoms with Crippen molar-refractivity contribution in [3.05, 3.63) is 156 Å². The number of benzene rings is 8. The molecule has 43 heavy (non-hydrogen) atoms. The van der Waals surface area contributed by atoms with Gasteiger partial charge in [-0.05, 0) is 114 Å². The smallest absolute Gasteiger partial charge is 0.00198 e. The second-order valence-electron chi connectivity index (χ2n) is 11.9. The van der Waals surface area contributed by atoms with E-state index in [-0.39, 0.29) is 0 Å². The normalized spacial score (nSPS) is 11.6. The lowest BCUT2D eigenvalue weighted by Crippen LogP contribution is -1.95. The van der Waals surface area contributed by atoms with Crippen LogP contribution in [0.4, 0.5) is 0 Å². The minimum atomic E-state index is 1.24. The molecule has 8 aromatic carbocycles. The maximum Gasteiger partial charge on any atom is -0.00198 e. The van der Waals surface area contributed by atoms with E-state index in [4.69, 9.17) is 0 Å². The van der Waals surface area contributed by atoms with E-state index >= 15 is 0 Å². The Morgan fingerprint density at radius 1 is 0.326 bits per heavy atom. The molecule has 0 radical (unpaired) electrons. The van der Waals surface area contributed by atoms with Gasteiger partial charge in [0.2, 0.25) is 0 Å². The van der Waals surface area contributed by atoms with E-state index in [9.17, 15) is 0 Å². The van der Waals surface area contributed by atoms with Crippen molar-refractivity contribution in [2.45, 2.75) is 20.8 Å². The van der Waals surface area contributed by atoms with Crippen LogP contribution in [-0.2, 0) is 0 Å². The van der Waals surface area contributed by atoms with Crippen molar-refractivity contribution >= 4 is 43.1 Å². The number of rotatable bonds is 3. The Bertz CT molecular complexity index is 2340. The van der Waals surface area contributed by atoms with Gasteiger partial charge in [-0.25, -0.2) is 0 Å². The molecule has 0 N–H and O–H groups in total. The highest BCUT2D eigenvalue weighted by Crippen LogP contribution is 2.48. The molecular formula is C43H32. The number of hydrogen-bond donors (Lipinski definition) is 0. The molecule has 8 rings (SSSR count). The van der Waals surface area contributed by atoms with Gasteiger partial charge in [0.05, 0.1) is 0 Å². The van der Waals surface area contributed by atoms with E-state index in [1.54, 1.807) is 0 Å². The second-order valence-corrected chi connectivity index (χ2v) is 11.9. The summed E-state index contributed by atoms with van der Waals surface area (Å²) in [6.07, 6.45) is 0. The van der Waals surface area contributed by atoms with E-state index < -0.39 is 0 Å². The summed E-state index contributed by atoms with van der Waals surface area (Å²) in [6, 6.07) is 51.9. The minimum Gasteiger partial charge on any atom is -0.0616 e. The van der Waals surface area contributed by atoms with Crippen LogP contribution in [0.2, 0.25) is 0 Å². The predicted octanol–water partition coefficient (Wildman–Crippen LogP) is 12.2. The molecule has 0 aliphatic rings. The summed E-state index contributed by atoms with van der Waals surface area (Å²) < 4.78 is 0. The molecular weight excluding hydrogens is 516 g/mol. The number of hydrogen-bond acceptors (Lipinski definition) is 0. The first-order valence-corrected chi connectivity index (χ1v) is 15.1. The Morgan fingerprint density at radius 3 is 1.37 bits per heavy atom. The van der Waals surface area contributed by atoms with Crippen LogP contribution in [0.15, 0.2) is 140 Å². The molecule has 0 saturated carbocycles. The van der Waals surface area contributed by atoms with Crippen LogP contribution in [0.5, 0.6) is 0 Å². The van der Waals surface area contributed by atoms with E-state index in [0.29, 0.717) is 0 Å². The standard InChI is InChI=1S/C43H32/c1-27-18-20-30(21-19-27)33-22-23-38-41(26-33)43(37-17-9-13-32-11-5-7-15-35(32)37)40-25-29(3)28(2)24-39(40)42(38)36-16-8-12-31-10-4-6-14-34(31)36/h4-26H,1-3H3. The maximum absolute atomic E-state index is 2.43. The topological polar surface area (TPSA) is 0 Å². The van der Waals surface area contributed by atoms with Crippen LogP contribution >= 0.6 is 0 Å². The van der Waals surface area contributed by atoms with Gasteiger partial charge in [0, 0.05) is 0 Å². The lowest BCUT2D eigenvalue weighted by atomic mass is 9.82. The molecule has 0 heterocycles. The first-order valence-electron chi connectivity index (χ1n) is 15.1. The third-order valence-electron chi connectivity index (χ3n) is 9.23. The third-order valence-corrected chi connectivity index (χ3v) is 9.23. The quantitative estimate of drug-likeness (QED) is 0.193. The van der Waals surface area contributed by atoms with E-state index in [2.05, 4.69) is 160 Å². The molecule has 0 heteroatoms. The molecule has 0 saturated heterocycles. The third kappa shape index (κ3) is 4.14. The zero-order valence-corrected chi connectivity index (χ0v) is 24.8. The molecule has 0 amide bonds. The van der Waals surface area contributed by atoms with Crippen molar-refractivity contribution in [3.8, 4) is 33.4 Å². The van der Waals surface area contributed by atoms with Crippen LogP contribution in [0.25, 0.3) is 76.5 Å². The lowest BCUT2D eigenvalue weighted by Gasteiger charge is -2.21. The fraction of sp³-hybridized carbons (Fsp3) is 0.0698. The molecule has 0 fully saturated rings. The zero-order valence-electron chi connectivity index (χ0n) is 24.8. The van der Waals surface area contributed by atoms with Crippen molar-refractivity contribution in [1.29, 1.82) is 0 Å². The first-order chi connectivity index (χ1) is 21.1. The second kappa shape index (κ2) is 9.96. The molecule has 0 bridgehead atoms. The Labute approximate surface area is 252 Å². The molecule has 204 valence electrons. The van der Waals surface area contributed by atoms with E-state index in [1.165, 1.54) is 93.2 Å². The van der Waals surface area contributed by atoms with Gasteiger partial charge < -0.3 is 0 Å². The molecule has 0 nitrogen and oxygen atoms in total. The summed E-state index contributed by atoms with van der Waals surface area (Å²) in [7, 11) is 0. The van der Waals surface area contributed by atoms with Crippen molar-refractivity contribution in [2.24, 2.45) is 0 Å². The Hall–Kier alpha value is -5.20. The summed E-state index contributed by atoms with van der Waals surface area (Å²) in [4.78, 5) is 0. The van der Waals surface area contributed by atoms with Gasteiger partial charge in [-0.3, -0.25) is 0 Å². The Balaban J connectivity index is 1.60. The average molecular weight is 549 g/mol. The summed E-state index contributed by atoms with van der Waals surface area (Å²) in [5.74, 6) is 0. The Kier molecular flexibility index (Phi) is 5.91. The zero-order chi connectivity index (χ0) is 29.1. The van der Waals surface area contributed by atoms with Crippen LogP contribution in [0.3, 0.4) is 0 Å². The summed E-state index contributed by atoms with van der Waals surface area (Å²) >= 11 is 0. The summed E-state index contributed by atoms with van der Waals surface area (Å²) in [6.45, 7) is 6.63. The SMILES string of the molecule is Cc1ccc(-c2ccc3c(-c4cccc5ccccc45)c4cc(C)c(C)cc4c(-c4cccc5ccccc45)c3c2)cc1. The highest BCUT2D eigenvalue weighted by molar-refractivity contribution is 6.25. The van der Waals surface area contributed by atoms with Crippen LogP contribution in [-0.4, -0.2) is 0 Å². The summed E-state index contributed by atoms with van der Waals surface area (Å²) in [5.41, 5.74) is 11.6. The fourth-order valence-corrected chi connectivity index (χ4v) is 6.88. The highest BCUT2D eigenvalue weighted by Gasteiger charge is 2.20. The van der Waals surface area contributed by atoms with Crippen molar-refractivity contribution in [1.82, 2.24) is 0 Å². The summed E-state index contributed by atoms with van der Waals surface area (Å²) in [5, 5.41) is 10.3. The molecule has 0 aliphatic heterocycles. The van der Waals surface area contributed by atoms with Gasteiger partial charge in [0.25, 0.3) is 0 Å². The van der Waals surface area contributed by atoms with Crippen molar-refractivity contribution in [3.63, 3.8) is 0 Å². The van der Waals surface area contributed by atoms with Crippen molar-refractivity contribution in [2.75, 3.05) is 0 Å². The van der Waals surface area contributed by atoms with Gasteiger partial charge in [-0.2, -0.15) is 0 Å². The van der Waals surface area contributed by atoms with Gasteiger partial charge in [-0.15, -0.1) is 0 Å². The first kappa shape index (κ1) is 25.5. The van der Waals surface area contributed by atoms with Crippen molar-refractivity contribution < 1.29 is 0 Å². The fourth-order valence-electron chi connectivity index (χ4n) is 6.88.